The zero-order valence-corrected chi connectivity index (χ0v) is 11.6. The van der Waals surface area contributed by atoms with Gasteiger partial charge in [-0.1, -0.05) is 19.0 Å². The van der Waals surface area contributed by atoms with Crippen molar-refractivity contribution in [1.29, 1.82) is 0 Å². The molecule has 6 nitrogen and oxygen atoms in total. The lowest BCUT2D eigenvalue weighted by Crippen LogP contribution is -2.37. The van der Waals surface area contributed by atoms with Gasteiger partial charge in [0.2, 0.25) is 11.8 Å². The van der Waals surface area contributed by atoms with Gasteiger partial charge in [-0.3, -0.25) is 4.79 Å². The van der Waals surface area contributed by atoms with Gasteiger partial charge < -0.3 is 15.2 Å². The highest BCUT2D eigenvalue weighted by atomic mass is 16.5. The van der Waals surface area contributed by atoms with Gasteiger partial charge in [0, 0.05) is 31.3 Å². The van der Waals surface area contributed by atoms with Crippen LogP contribution in [-0.4, -0.2) is 35.2 Å². The number of aromatic nitrogens is 2. The molecule has 0 spiro atoms. The number of nitrogens with zero attached hydrogens (tertiary/aromatic N) is 2. The van der Waals surface area contributed by atoms with Crippen LogP contribution in [0.5, 0.6) is 0 Å². The Hall–Kier alpha value is -1.43. The standard InChI is InChI=1S/C13H22N4O2/c1-9(2)13-16-12(19-17-13)6-5-11(18)15-8-10-4-3-7-14-10/h9-10,14H,3-8H2,1-2H3,(H,15,18). The van der Waals surface area contributed by atoms with E-state index in [0.29, 0.717) is 37.1 Å². The van der Waals surface area contributed by atoms with Crippen LogP contribution in [0.15, 0.2) is 4.52 Å². The number of hydrogen-bond acceptors (Lipinski definition) is 5. The second-order valence-corrected chi connectivity index (χ2v) is 5.30. The summed E-state index contributed by atoms with van der Waals surface area (Å²) in [5.74, 6) is 1.53. The van der Waals surface area contributed by atoms with E-state index in [-0.39, 0.29) is 11.8 Å². The smallest absolute Gasteiger partial charge is 0.227 e. The number of amides is 1. The van der Waals surface area contributed by atoms with Gasteiger partial charge in [0.05, 0.1) is 0 Å². The molecule has 19 heavy (non-hydrogen) atoms. The van der Waals surface area contributed by atoms with E-state index in [2.05, 4.69) is 20.8 Å². The van der Waals surface area contributed by atoms with Gasteiger partial charge in [-0.25, -0.2) is 0 Å². The van der Waals surface area contributed by atoms with Crippen LogP contribution in [0.1, 0.15) is 50.7 Å². The van der Waals surface area contributed by atoms with Gasteiger partial charge in [0.25, 0.3) is 0 Å². The van der Waals surface area contributed by atoms with E-state index in [4.69, 9.17) is 4.52 Å². The van der Waals surface area contributed by atoms with Crippen LogP contribution in [0.2, 0.25) is 0 Å². The number of carbonyl (C=O) groups is 1. The molecule has 106 valence electrons. The number of carbonyl (C=O) groups excluding carboxylic acids is 1. The van der Waals surface area contributed by atoms with Gasteiger partial charge in [0.1, 0.15) is 0 Å². The minimum Gasteiger partial charge on any atom is -0.355 e. The number of rotatable bonds is 6. The Morgan fingerprint density at radius 2 is 2.42 bits per heavy atom. The van der Waals surface area contributed by atoms with Crippen LogP contribution >= 0.6 is 0 Å². The summed E-state index contributed by atoms with van der Waals surface area (Å²) in [5.41, 5.74) is 0. The summed E-state index contributed by atoms with van der Waals surface area (Å²) < 4.78 is 5.10. The molecule has 1 aliphatic heterocycles. The Balaban J connectivity index is 1.67. The summed E-state index contributed by atoms with van der Waals surface area (Å²) in [4.78, 5) is 15.9. The quantitative estimate of drug-likeness (QED) is 0.802. The minimum atomic E-state index is 0.0398. The number of aryl methyl sites for hydroxylation is 1. The molecule has 2 rings (SSSR count). The summed E-state index contributed by atoms with van der Waals surface area (Å²) >= 11 is 0. The zero-order chi connectivity index (χ0) is 13.7. The maximum absolute atomic E-state index is 11.7. The average Bonchev–Trinajstić information content (AvgIpc) is 3.05. The third-order valence-corrected chi connectivity index (χ3v) is 3.27. The highest BCUT2D eigenvalue weighted by Crippen LogP contribution is 2.10. The first-order chi connectivity index (χ1) is 9.15. The van der Waals surface area contributed by atoms with Gasteiger partial charge in [0.15, 0.2) is 5.82 Å². The van der Waals surface area contributed by atoms with Crippen LogP contribution in [-0.2, 0) is 11.2 Å². The predicted octanol–water partition coefficient (Wildman–Crippen LogP) is 0.994. The van der Waals surface area contributed by atoms with Crippen molar-refractivity contribution in [1.82, 2.24) is 20.8 Å². The SMILES string of the molecule is CC(C)c1noc(CCC(=O)NCC2CCCN2)n1. The molecule has 1 aromatic heterocycles. The van der Waals surface area contributed by atoms with Crippen molar-refractivity contribution in [2.45, 2.75) is 51.5 Å². The lowest BCUT2D eigenvalue weighted by molar-refractivity contribution is -0.121. The van der Waals surface area contributed by atoms with Crippen molar-refractivity contribution in [2.75, 3.05) is 13.1 Å². The molecule has 1 atom stereocenters. The van der Waals surface area contributed by atoms with E-state index >= 15 is 0 Å². The molecule has 0 aliphatic carbocycles. The maximum atomic E-state index is 11.7. The fraction of sp³-hybridized carbons (Fsp3) is 0.769. The summed E-state index contributed by atoms with van der Waals surface area (Å²) in [7, 11) is 0. The number of nitrogens with one attached hydrogen (secondary N) is 2. The topological polar surface area (TPSA) is 80.0 Å². The van der Waals surface area contributed by atoms with Crippen LogP contribution in [0.25, 0.3) is 0 Å². The van der Waals surface area contributed by atoms with E-state index in [1.165, 1.54) is 6.42 Å². The molecule has 2 N–H and O–H groups in total. The molecule has 1 unspecified atom stereocenters. The summed E-state index contributed by atoms with van der Waals surface area (Å²) in [6.07, 6.45) is 3.23. The lowest BCUT2D eigenvalue weighted by atomic mass is 10.2. The Kier molecular flexibility index (Phi) is 4.90. The molecule has 0 radical (unpaired) electrons. The molecule has 1 aromatic rings. The maximum Gasteiger partial charge on any atom is 0.227 e. The third-order valence-electron chi connectivity index (χ3n) is 3.27. The molecule has 6 heteroatoms. The molecule has 0 aromatic carbocycles. The van der Waals surface area contributed by atoms with Gasteiger partial charge in [-0.2, -0.15) is 4.98 Å². The lowest BCUT2D eigenvalue weighted by Gasteiger charge is -2.10. The second-order valence-electron chi connectivity index (χ2n) is 5.30. The first-order valence-corrected chi connectivity index (χ1v) is 6.97. The van der Waals surface area contributed by atoms with Crippen molar-refractivity contribution < 1.29 is 9.32 Å². The zero-order valence-electron chi connectivity index (χ0n) is 11.6. The summed E-state index contributed by atoms with van der Waals surface area (Å²) in [6.45, 7) is 5.78. The van der Waals surface area contributed by atoms with E-state index in [9.17, 15) is 4.79 Å². The number of hydrogen-bond donors (Lipinski definition) is 2. The monoisotopic (exact) mass is 266 g/mol. The normalized spacial score (nSPS) is 19.0. The highest BCUT2D eigenvalue weighted by Gasteiger charge is 2.15. The summed E-state index contributed by atoms with van der Waals surface area (Å²) in [5, 5.41) is 10.2. The molecule has 1 aliphatic rings. The largest absolute Gasteiger partial charge is 0.355 e. The molecule has 0 bridgehead atoms. The van der Waals surface area contributed by atoms with Crippen molar-refractivity contribution in [3.8, 4) is 0 Å². The molecule has 1 amide bonds. The first-order valence-electron chi connectivity index (χ1n) is 6.97. The van der Waals surface area contributed by atoms with Crippen molar-refractivity contribution in [2.24, 2.45) is 0 Å². The van der Waals surface area contributed by atoms with Gasteiger partial charge >= 0.3 is 0 Å². The van der Waals surface area contributed by atoms with Crippen molar-refractivity contribution >= 4 is 5.91 Å². The van der Waals surface area contributed by atoms with E-state index < -0.39 is 0 Å². The van der Waals surface area contributed by atoms with E-state index in [1.807, 2.05) is 13.8 Å². The average molecular weight is 266 g/mol. The van der Waals surface area contributed by atoms with Gasteiger partial charge in [-0.05, 0) is 19.4 Å². The predicted molar refractivity (Wildman–Crippen MR) is 70.7 cm³/mol. The summed E-state index contributed by atoms with van der Waals surface area (Å²) in [6, 6.07) is 0.430. The van der Waals surface area contributed by atoms with Crippen molar-refractivity contribution in [3.05, 3.63) is 11.7 Å². The molecular weight excluding hydrogens is 244 g/mol. The fourth-order valence-corrected chi connectivity index (χ4v) is 2.08. The minimum absolute atomic E-state index is 0.0398. The Labute approximate surface area is 113 Å². The van der Waals surface area contributed by atoms with Crippen LogP contribution in [0.3, 0.4) is 0 Å². The van der Waals surface area contributed by atoms with E-state index in [1.54, 1.807) is 0 Å². The van der Waals surface area contributed by atoms with Crippen molar-refractivity contribution in [3.63, 3.8) is 0 Å². The van der Waals surface area contributed by atoms with Crippen LogP contribution in [0.4, 0.5) is 0 Å². The molecular formula is C13H22N4O2. The fourth-order valence-electron chi connectivity index (χ4n) is 2.08. The first kappa shape index (κ1) is 14.0. The highest BCUT2D eigenvalue weighted by molar-refractivity contribution is 5.76. The van der Waals surface area contributed by atoms with Crippen LogP contribution < -0.4 is 10.6 Å². The second kappa shape index (κ2) is 6.65. The molecule has 0 saturated carbocycles. The van der Waals surface area contributed by atoms with E-state index in [0.717, 1.165) is 13.0 Å². The molecule has 1 saturated heterocycles. The van der Waals surface area contributed by atoms with Crippen LogP contribution in [0, 0.1) is 0 Å². The molecule has 2 heterocycles. The van der Waals surface area contributed by atoms with Gasteiger partial charge in [-0.15, -0.1) is 0 Å². The Bertz CT molecular complexity index is 411. The Morgan fingerprint density at radius 3 is 3.05 bits per heavy atom. The Morgan fingerprint density at radius 1 is 1.58 bits per heavy atom. The molecule has 1 fully saturated rings. The third kappa shape index (κ3) is 4.31.